The number of nitrogens with zero attached hydrogens (tertiary/aromatic N) is 4. The molecule has 1 unspecified atom stereocenters. The first-order chi connectivity index (χ1) is 30.7. The number of benzene rings is 9. The molecule has 6 nitrogen and oxygen atoms in total. The Balaban J connectivity index is 1.17. The summed E-state index contributed by atoms with van der Waals surface area (Å²) in [6, 6.07) is 71.1. The lowest BCUT2D eigenvalue weighted by Crippen LogP contribution is -2.28. The van der Waals surface area contributed by atoms with Gasteiger partial charge in [0.1, 0.15) is 0 Å². The number of hydrogen-bond acceptors (Lipinski definition) is 2. The minimum atomic E-state index is -1.20. The highest BCUT2D eigenvalue weighted by Gasteiger charge is 2.40. The fourth-order valence-corrected chi connectivity index (χ4v) is 10.4. The molecule has 9 aromatic carbocycles. The molecule has 1 N–H and O–H groups in total. The molecular formula is C56H36N4O2. The fourth-order valence-electron chi connectivity index (χ4n) is 10.4. The lowest BCUT2D eigenvalue weighted by molar-refractivity contribution is 0.0935. The zero-order valence-corrected chi connectivity index (χ0v) is 33.4. The average Bonchev–Trinajstić information content (AvgIpc) is 4.04. The van der Waals surface area contributed by atoms with Crippen LogP contribution >= 0.6 is 0 Å². The van der Waals surface area contributed by atoms with Crippen LogP contribution in [-0.2, 0) is 0 Å². The van der Waals surface area contributed by atoms with E-state index in [1.807, 2.05) is 72.8 Å². The monoisotopic (exact) mass is 796 g/mol. The summed E-state index contributed by atoms with van der Waals surface area (Å²) in [5, 5.41) is 19.1. The predicted molar refractivity (Wildman–Crippen MR) is 253 cm³/mol. The highest BCUT2D eigenvalue weighted by Crippen LogP contribution is 2.47. The number of amides is 1. The van der Waals surface area contributed by atoms with Gasteiger partial charge >= 0.3 is 0 Å². The Morgan fingerprint density at radius 3 is 1.29 bits per heavy atom. The van der Waals surface area contributed by atoms with Crippen LogP contribution in [0.4, 0.5) is 5.69 Å². The summed E-state index contributed by atoms with van der Waals surface area (Å²) in [4.78, 5) is 17.0. The molecule has 0 aliphatic carbocycles. The van der Waals surface area contributed by atoms with Crippen molar-refractivity contribution in [3.05, 3.63) is 217 Å². The minimum Gasteiger partial charge on any atom is -0.369 e. The lowest BCUT2D eigenvalue weighted by atomic mass is 10.0. The van der Waals surface area contributed by atoms with Crippen LogP contribution in [0.2, 0.25) is 0 Å². The zero-order valence-electron chi connectivity index (χ0n) is 33.4. The highest BCUT2D eigenvalue weighted by atomic mass is 16.3. The lowest BCUT2D eigenvalue weighted by Gasteiger charge is -2.24. The number of anilines is 1. The number of aliphatic hydroxyl groups is 1. The standard InChI is InChI=1S/C56H36N4O2/c61-55-43-26-16-32-49(52(43)56(62)60(55)44-27-9-4-19-36(44)35-17-2-1-3-18-35)59-53-41(24-14-33-50(53)57-45-28-10-5-20-37(45)38-21-6-11-29-46(38)57)42-25-15-34-51(54(42)59)58-47-30-12-7-22-39(47)40-23-8-13-31-48(40)58/h1-34,55,61H. The quantitative estimate of drug-likeness (QED) is 0.189. The van der Waals surface area contributed by atoms with Crippen molar-refractivity contribution in [2.75, 3.05) is 4.90 Å². The van der Waals surface area contributed by atoms with E-state index in [-0.39, 0.29) is 5.91 Å². The summed E-state index contributed by atoms with van der Waals surface area (Å²) in [7, 11) is 0. The van der Waals surface area contributed by atoms with Crippen LogP contribution in [0.3, 0.4) is 0 Å². The molecule has 13 rings (SSSR count). The number of para-hydroxylation sites is 7. The molecule has 4 heterocycles. The third kappa shape index (κ3) is 4.69. The van der Waals surface area contributed by atoms with E-state index in [1.165, 1.54) is 21.5 Å². The third-order valence-electron chi connectivity index (χ3n) is 12.9. The van der Waals surface area contributed by atoms with Crippen molar-refractivity contribution in [2.24, 2.45) is 0 Å². The van der Waals surface area contributed by atoms with Crippen LogP contribution in [0.15, 0.2) is 206 Å². The largest absolute Gasteiger partial charge is 0.369 e. The number of aliphatic hydroxyl groups excluding tert-OH is 1. The molecule has 0 saturated heterocycles. The van der Waals surface area contributed by atoms with Gasteiger partial charge in [-0.15, -0.1) is 0 Å². The van der Waals surface area contributed by atoms with Crippen molar-refractivity contribution >= 4 is 77.0 Å². The molecule has 62 heavy (non-hydrogen) atoms. The number of rotatable bonds is 5. The number of carbonyl (C=O) groups excluding carboxylic acids is 1. The van der Waals surface area contributed by atoms with Crippen molar-refractivity contribution in [1.82, 2.24) is 13.7 Å². The van der Waals surface area contributed by atoms with Crippen LogP contribution in [0.1, 0.15) is 22.1 Å². The van der Waals surface area contributed by atoms with E-state index in [2.05, 4.69) is 147 Å². The Hall–Kier alpha value is -8.19. The molecular weight excluding hydrogens is 761 g/mol. The van der Waals surface area contributed by atoms with E-state index in [9.17, 15) is 5.11 Å². The Kier molecular flexibility index (Phi) is 7.35. The first-order valence-corrected chi connectivity index (χ1v) is 21.0. The van der Waals surface area contributed by atoms with Crippen LogP contribution in [0, 0.1) is 0 Å². The predicted octanol–water partition coefficient (Wildman–Crippen LogP) is 13.3. The summed E-state index contributed by atoms with van der Waals surface area (Å²) >= 11 is 0. The van der Waals surface area contributed by atoms with Crippen molar-refractivity contribution < 1.29 is 9.90 Å². The van der Waals surface area contributed by atoms with Crippen molar-refractivity contribution in [2.45, 2.75) is 6.23 Å². The van der Waals surface area contributed by atoms with Crippen LogP contribution < -0.4 is 4.90 Å². The highest BCUT2D eigenvalue weighted by molar-refractivity contribution is 6.20. The second-order valence-corrected chi connectivity index (χ2v) is 16.1. The van der Waals surface area contributed by atoms with E-state index in [4.69, 9.17) is 0 Å². The Morgan fingerprint density at radius 2 is 0.758 bits per heavy atom. The van der Waals surface area contributed by atoms with E-state index < -0.39 is 6.23 Å². The summed E-state index contributed by atoms with van der Waals surface area (Å²) < 4.78 is 7.04. The molecule has 0 fully saturated rings. The summed E-state index contributed by atoms with van der Waals surface area (Å²) in [6.45, 7) is 0. The van der Waals surface area contributed by atoms with Crippen molar-refractivity contribution in [3.8, 4) is 28.2 Å². The van der Waals surface area contributed by atoms with Gasteiger partial charge in [-0.3, -0.25) is 9.69 Å². The van der Waals surface area contributed by atoms with Crippen molar-refractivity contribution in [1.29, 1.82) is 0 Å². The van der Waals surface area contributed by atoms with Gasteiger partial charge in [-0.25, -0.2) is 0 Å². The van der Waals surface area contributed by atoms with Gasteiger partial charge in [-0.2, -0.15) is 0 Å². The SMILES string of the molecule is O=C1c2c(cccc2-n2c3c(-n4c5ccccc5c5ccccc54)cccc3c3cccc(-n4c5ccccc5c5ccccc54)c32)C(O)N1c1ccccc1-c1ccccc1. The smallest absolute Gasteiger partial charge is 0.263 e. The molecule has 0 radical (unpaired) electrons. The Morgan fingerprint density at radius 1 is 0.355 bits per heavy atom. The topological polar surface area (TPSA) is 55.3 Å². The molecule has 12 aromatic rings. The Bertz CT molecular complexity index is 3540. The van der Waals surface area contributed by atoms with Gasteiger partial charge in [0.05, 0.1) is 61.4 Å². The van der Waals surface area contributed by atoms with Crippen molar-refractivity contribution in [3.63, 3.8) is 0 Å². The molecule has 1 atom stereocenters. The van der Waals surface area contributed by atoms with Gasteiger partial charge in [0.25, 0.3) is 5.91 Å². The number of hydrogen-bond donors (Lipinski definition) is 1. The Labute approximate surface area is 356 Å². The third-order valence-corrected chi connectivity index (χ3v) is 12.9. The second kappa shape index (κ2) is 13.2. The van der Waals surface area contributed by atoms with Gasteiger partial charge in [0.2, 0.25) is 0 Å². The normalized spacial score (nSPS) is 14.0. The van der Waals surface area contributed by atoms with Crippen LogP contribution in [0.5, 0.6) is 0 Å². The molecule has 0 bridgehead atoms. The first-order valence-electron chi connectivity index (χ1n) is 21.0. The molecule has 0 saturated carbocycles. The second-order valence-electron chi connectivity index (χ2n) is 16.1. The molecule has 3 aromatic heterocycles. The maximum Gasteiger partial charge on any atom is 0.263 e. The van der Waals surface area contributed by atoms with E-state index in [1.54, 1.807) is 4.90 Å². The summed E-state index contributed by atoms with van der Waals surface area (Å²) in [5.41, 5.74) is 12.5. The van der Waals surface area contributed by atoms with Gasteiger partial charge in [0, 0.05) is 43.4 Å². The van der Waals surface area contributed by atoms with Gasteiger partial charge in [0.15, 0.2) is 6.23 Å². The molecule has 6 heteroatoms. The van der Waals surface area contributed by atoms with E-state index >= 15 is 4.79 Å². The van der Waals surface area contributed by atoms with Gasteiger partial charge < -0.3 is 18.8 Å². The zero-order chi connectivity index (χ0) is 41.1. The molecule has 0 spiro atoms. The molecule has 1 amide bonds. The maximum absolute atomic E-state index is 15.4. The molecule has 1 aliphatic rings. The minimum absolute atomic E-state index is 0.259. The summed E-state index contributed by atoms with van der Waals surface area (Å²) in [5.74, 6) is -0.259. The van der Waals surface area contributed by atoms with Gasteiger partial charge in [-0.1, -0.05) is 158 Å². The van der Waals surface area contributed by atoms with Crippen LogP contribution in [0.25, 0.3) is 93.6 Å². The van der Waals surface area contributed by atoms with E-state index in [0.717, 1.165) is 66.4 Å². The number of carbonyl (C=O) groups is 1. The molecule has 1 aliphatic heterocycles. The molecule has 292 valence electrons. The summed E-state index contributed by atoms with van der Waals surface area (Å²) in [6.07, 6.45) is -1.20. The first kappa shape index (κ1) is 34.7. The fraction of sp³-hybridized carbons (Fsp3) is 0.0179. The van der Waals surface area contributed by atoms with Crippen LogP contribution in [-0.4, -0.2) is 24.7 Å². The number of aromatic nitrogens is 3. The van der Waals surface area contributed by atoms with E-state index in [0.29, 0.717) is 22.5 Å². The maximum atomic E-state index is 15.4. The number of fused-ring (bicyclic) bond motifs is 10. The van der Waals surface area contributed by atoms with Gasteiger partial charge in [-0.05, 0) is 54.1 Å². The average molecular weight is 797 g/mol.